The monoisotopic (exact) mass is 500 g/mol. The molecule has 0 aliphatic carbocycles. The molecule has 0 atom stereocenters. The summed E-state index contributed by atoms with van der Waals surface area (Å²) >= 11 is 0. The predicted molar refractivity (Wildman–Crippen MR) is 147 cm³/mol. The number of hydrogen-bond donors (Lipinski definition) is 0. The van der Waals surface area contributed by atoms with Crippen molar-refractivity contribution in [3.63, 3.8) is 0 Å². The van der Waals surface area contributed by atoms with Gasteiger partial charge in [0.2, 0.25) is 0 Å². The number of unbranched alkanes of at least 4 members (excludes halogenated alkanes) is 3. The Labute approximate surface area is 217 Å². The Morgan fingerprint density at radius 2 is 1.30 bits per heavy atom. The summed E-state index contributed by atoms with van der Waals surface area (Å²) in [6, 6.07) is 22.4. The van der Waals surface area contributed by atoms with E-state index in [9.17, 15) is 13.2 Å². The number of rotatable bonds is 10. The van der Waals surface area contributed by atoms with Gasteiger partial charge in [0.05, 0.1) is 6.61 Å². The average Bonchev–Trinajstić information content (AvgIpc) is 2.91. The van der Waals surface area contributed by atoms with Crippen molar-refractivity contribution in [2.24, 2.45) is 0 Å². The van der Waals surface area contributed by atoms with E-state index in [4.69, 9.17) is 4.74 Å². The Morgan fingerprint density at radius 1 is 0.676 bits per heavy atom. The van der Waals surface area contributed by atoms with Gasteiger partial charge >= 0.3 is 0 Å². The quantitative estimate of drug-likeness (QED) is 0.155. The molecule has 37 heavy (non-hydrogen) atoms. The molecule has 0 aliphatic rings. The van der Waals surface area contributed by atoms with E-state index in [1.54, 1.807) is 72.8 Å². The van der Waals surface area contributed by atoms with E-state index in [1.807, 2.05) is 19.1 Å². The molecule has 0 amide bonds. The maximum Gasteiger partial charge on any atom is 0.167 e. The van der Waals surface area contributed by atoms with Crippen LogP contribution < -0.4 is 4.74 Å². The largest absolute Gasteiger partial charge is 0.493 e. The van der Waals surface area contributed by atoms with E-state index in [0.717, 1.165) is 30.4 Å². The fraction of sp³-hybridized carbons (Fsp3) is 0.212. The highest BCUT2D eigenvalue weighted by Crippen LogP contribution is 2.32. The second-order valence-corrected chi connectivity index (χ2v) is 9.20. The standard InChI is InChI=1S/C33H31F3O/c1-3-4-5-6-21-37-28-18-17-27(31(34)22-28)16-11-24-9-14-26(15-10-24)30-20-19-29(32(35)33(30)36)25-12-7-23(2)8-13-25/h7-20,22H,3-6,21H2,1-2H3/b16-11+. The first-order valence-corrected chi connectivity index (χ1v) is 12.7. The maximum atomic E-state index is 15.0. The predicted octanol–water partition coefficient (Wildman–Crippen LogP) is 9.88. The second kappa shape index (κ2) is 12.4. The summed E-state index contributed by atoms with van der Waals surface area (Å²) in [5.74, 6) is -1.58. The summed E-state index contributed by atoms with van der Waals surface area (Å²) in [5.41, 5.74) is 3.94. The van der Waals surface area contributed by atoms with Crippen LogP contribution in [0.5, 0.6) is 5.75 Å². The van der Waals surface area contributed by atoms with Gasteiger partial charge < -0.3 is 4.74 Å². The Hall–Kier alpha value is -3.79. The minimum absolute atomic E-state index is 0.195. The molecule has 0 heterocycles. The molecule has 0 radical (unpaired) electrons. The first-order valence-electron chi connectivity index (χ1n) is 12.7. The lowest BCUT2D eigenvalue weighted by atomic mass is 9.97. The lowest BCUT2D eigenvalue weighted by molar-refractivity contribution is 0.303. The summed E-state index contributed by atoms with van der Waals surface area (Å²) in [7, 11) is 0. The van der Waals surface area contributed by atoms with Crippen molar-refractivity contribution in [3.8, 4) is 28.0 Å². The fourth-order valence-corrected chi connectivity index (χ4v) is 4.14. The van der Waals surface area contributed by atoms with Gasteiger partial charge in [0.1, 0.15) is 11.6 Å². The van der Waals surface area contributed by atoms with Crippen LogP contribution >= 0.6 is 0 Å². The van der Waals surface area contributed by atoms with Crippen LogP contribution in [0.4, 0.5) is 13.2 Å². The van der Waals surface area contributed by atoms with Gasteiger partial charge in [0, 0.05) is 22.8 Å². The first kappa shape index (κ1) is 26.3. The summed E-state index contributed by atoms with van der Waals surface area (Å²) in [6.45, 7) is 4.68. The van der Waals surface area contributed by atoms with Crippen LogP contribution in [0.15, 0.2) is 78.9 Å². The normalized spacial score (nSPS) is 11.3. The summed E-state index contributed by atoms with van der Waals surface area (Å²) in [6.07, 6.45) is 7.88. The van der Waals surface area contributed by atoms with Crippen molar-refractivity contribution in [1.82, 2.24) is 0 Å². The Balaban J connectivity index is 1.43. The van der Waals surface area contributed by atoms with Crippen molar-refractivity contribution < 1.29 is 17.9 Å². The average molecular weight is 501 g/mol. The number of ether oxygens (including phenoxy) is 1. The van der Waals surface area contributed by atoms with Gasteiger partial charge in [-0.25, -0.2) is 13.2 Å². The molecule has 4 aromatic carbocycles. The minimum Gasteiger partial charge on any atom is -0.493 e. The van der Waals surface area contributed by atoms with E-state index >= 15 is 0 Å². The smallest absolute Gasteiger partial charge is 0.167 e. The zero-order valence-corrected chi connectivity index (χ0v) is 21.2. The van der Waals surface area contributed by atoms with E-state index in [0.29, 0.717) is 29.0 Å². The SMILES string of the molecule is CCCCCCOc1ccc(/C=C/c2ccc(-c3ccc(-c4ccc(C)cc4)c(F)c3F)cc2)c(F)c1. The zero-order chi connectivity index (χ0) is 26.2. The van der Waals surface area contributed by atoms with Gasteiger partial charge in [-0.15, -0.1) is 0 Å². The van der Waals surface area contributed by atoms with Gasteiger partial charge in [-0.2, -0.15) is 0 Å². The van der Waals surface area contributed by atoms with Crippen molar-refractivity contribution >= 4 is 12.2 Å². The summed E-state index contributed by atoms with van der Waals surface area (Å²) < 4.78 is 50.0. The molecule has 4 aromatic rings. The molecule has 0 saturated heterocycles. The third-order valence-electron chi connectivity index (χ3n) is 6.36. The van der Waals surface area contributed by atoms with Gasteiger partial charge in [-0.3, -0.25) is 0 Å². The van der Waals surface area contributed by atoms with Crippen LogP contribution in [0.3, 0.4) is 0 Å². The molecular formula is C33H31F3O. The zero-order valence-electron chi connectivity index (χ0n) is 21.2. The third-order valence-corrected chi connectivity index (χ3v) is 6.36. The van der Waals surface area contributed by atoms with Crippen molar-refractivity contribution in [2.75, 3.05) is 6.61 Å². The number of benzene rings is 4. The molecular weight excluding hydrogens is 469 g/mol. The molecule has 0 spiro atoms. The maximum absolute atomic E-state index is 15.0. The molecule has 0 aromatic heterocycles. The third kappa shape index (κ3) is 6.71. The van der Waals surface area contributed by atoms with Gasteiger partial charge in [-0.1, -0.05) is 105 Å². The molecule has 190 valence electrons. The number of aryl methyl sites for hydroxylation is 1. The fourth-order valence-electron chi connectivity index (χ4n) is 4.14. The second-order valence-electron chi connectivity index (χ2n) is 9.20. The van der Waals surface area contributed by atoms with E-state index in [-0.39, 0.29) is 16.9 Å². The molecule has 0 fully saturated rings. The molecule has 0 unspecified atom stereocenters. The molecule has 0 aliphatic heterocycles. The molecule has 0 bridgehead atoms. The Kier molecular flexibility index (Phi) is 8.84. The number of hydrogen-bond acceptors (Lipinski definition) is 1. The summed E-state index contributed by atoms with van der Waals surface area (Å²) in [4.78, 5) is 0. The highest BCUT2D eigenvalue weighted by atomic mass is 19.2. The van der Waals surface area contributed by atoms with Crippen molar-refractivity contribution in [3.05, 3.63) is 113 Å². The van der Waals surface area contributed by atoms with Crippen LogP contribution in [-0.4, -0.2) is 6.61 Å². The van der Waals surface area contributed by atoms with E-state index < -0.39 is 11.6 Å². The first-order chi connectivity index (χ1) is 18.0. The van der Waals surface area contributed by atoms with E-state index in [1.165, 1.54) is 12.5 Å². The molecule has 0 N–H and O–H groups in total. The highest BCUT2D eigenvalue weighted by molar-refractivity contribution is 5.75. The molecule has 1 nitrogen and oxygen atoms in total. The van der Waals surface area contributed by atoms with Gasteiger partial charge in [0.25, 0.3) is 0 Å². The number of halogens is 3. The Morgan fingerprint density at radius 3 is 1.89 bits per heavy atom. The lowest BCUT2D eigenvalue weighted by Gasteiger charge is -2.10. The van der Waals surface area contributed by atoms with Crippen LogP contribution in [0.1, 0.15) is 49.3 Å². The minimum atomic E-state index is -0.879. The highest BCUT2D eigenvalue weighted by Gasteiger charge is 2.16. The lowest BCUT2D eigenvalue weighted by Crippen LogP contribution is -1.98. The van der Waals surface area contributed by atoms with E-state index in [2.05, 4.69) is 6.92 Å². The van der Waals surface area contributed by atoms with Gasteiger partial charge in [-0.05, 0) is 42.2 Å². The van der Waals surface area contributed by atoms with Gasteiger partial charge in [0.15, 0.2) is 11.6 Å². The van der Waals surface area contributed by atoms with Crippen LogP contribution in [0.25, 0.3) is 34.4 Å². The van der Waals surface area contributed by atoms with Crippen molar-refractivity contribution in [2.45, 2.75) is 39.5 Å². The molecule has 4 rings (SSSR count). The molecule has 0 saturated carbocycles. The van der Waals surface area contributed by atoms with Crippen LogP contribution in [-0.2, 0) is 0 Å². The summed E-state index contributed by atoms with van der Waals surface area (Å²) in [5, 5.41) is 0. The van der Waals surface area contributed by atoms with Crippen molar-refractivity contribution in [1.29, 1.82) is 0 Å². The van der Waals surface area contributed by atoms with Crippen LogP contribution in [0, 0.1) is 24.4 Å². The Bertz CT molecular complexity index is 1360. The van der Waals surface area contributed by atoms with Crippen LogP contribution in [0.2, 0.25) is 0 Å². The molecule has 4 heteroatoms. The topological polar surface area (TPSA) is 9.23 Å².